The summed E-state index contributed by atoms with van der Waals surface area (Å²) < 4.78 is 0. The monoisotopic (exact) mass is 228 g/mol. The van der Waals surface area contributed by atoms with E-state index in [4.69, 9.17) is 0 Å². The standard InChI is InChI=1S/C9H16N4OS/c1-10-9-12-7(6-15-9)8(14)11-4-5-13(2)3/h6H,4-5H2,1-3H3,(H,10,12)(H,11,14). The number of aromatic nitrogens is 1. The van der Waals surface area contributed by atoms with Crippen LogP contribution in [0.3, 0.4) is 0 Å². The van der Waals surface area contributed by atoms with Crippen LogP contribution >= 0.6 is 11.3 Å². The van der Waals surface area contributed by atoms with Crippen LogP contribution in [0.1, 0.15) is 10.5 Å². The molecule has 84 valence electrons. The summed E-state index contributed by atoms with van der Waals surface area (Å²) in [7, 11) is 5.72. The van der Waals surface area contributed by atoms with Crippen LogP contribution in [0, 0.1) is 0 Å². The molecule has 0 aliphatic rings. The van der Waals surface area contributed by atoms with E-state index in [0.29, 0.717) is 12.2 Å². The number of likely N-dealkylation sites (N-methyl/N-ethyl adjacent to an activating group) is 1. The van der Waals surface area contributed by atoms with E-state index in [1.807, 2.05) is 19.0 Å². The Labute approximate surface area is 93.5 Å². The maximum atomic E-state index is 11.5. The van der Waals surface area contributed by atoms with Gasteiger partial charge in [0, 0.05) is 25.5 Å². The lowest BCUT2D eigenvalue weighted by Crippen LogP contribution is -2.31. The van der Waals surface area contributed by atoms with Gasteiger partial charge in [0.05, 0.1) is 0 Å². The van der Waals surface area contributed by atoms with Gasteiger partial charge < -0.3 is 15.5 Å². The molecule has 1 amide bonds. The van der Waals surface area contributed by atoms with Crippen molar-refractivity contribution >= 4 is 22.4 Å². The number of nitrogens with zero attached hydrogens (tertiary/aromatic N) is 2. The number of amides is 1. The van der Waals surface area contributed by atoms with Gasteiger partial charge in [-0.1, -0.05) is 0 Å². The van der Waals surface area contributed by atoms with Crippen LogP contribution in [0.2, 0.25) is 0 Å². The molecule has 0 radical (unpaired) electrons. The van der Waals surface area contributed by atoms with E-state index < -0.39 is 0 Å². The summed E-state index contributed by atoms with van der Waals surface area (Å²) in [4.78, 5) is 17.7. The molecule has 0 unspecified atom stereocenters. The third kappa shape index (κ3) is 3.85. The van der Waals surface area contributed by atoms with E-state index in [1.165, 1.54) is 11.3 Å². The van der Waals surface area contributed by atoms with Crippen molar-refractivity contribution in [3.63, 3.8) is 0 Å². The molecule has 0 spiro atoms. The number of rotatable bonds is 5. The first-order chi connectivity index (χ1) is 7.13. The molecule has 5 nitrogen and oxygen atoms in total. The van der Waals surface area contributed by atoms with Crippen LogP contribution in [-0.2, 0) is 0 Å². The molecule has 0 bridgehead atoms. The average molecular weight is 228 g/mol. The van der Waals surface area contributed by atoms with Gasteiger partial charge in [-0.05, 0) is 14.1 Å². The van der Waals surface area contributed by atoms with E-state index in [9.17, 15) is 4.79 Å². The lowest BCUT2D eigenvalue weighted by Gasteiger charge is -2.09. The highest BCUT2D eigenvalue weighted by molar-refractivity contribution is 7.13. The Morgan fingerprint density at radius 2 is 2.33 bits per heavy atom. The average Bonchev–Trinajstić information content (AvgIpc) is 2.65. The van der Waals surface area contributed by atoms with E-state index in [1.54, 1.807) is 12.4 Å². The summed E-state index contributed by atoms with van der Waals surface area (Å²) in [5.74, 6) is -0.116. The number of hydrogen-bond donors (Lipinski definition) is 2. The SMILES string of the molecule is CNc1nc(C(=O)NCCN(C)C)cs1. The number of carbonyl (C=O) groups is 1. The highest BCUT2D eigenvalue weighted by atomic mass is 32.1. The van der Waals surface area contributed by atoms with E-state index in [2.05, 4.69) is 15.6 Å². The van der Waals surface area contributed by atoms with Gasteiger partial charge in [-0.2, -0.15) is 0 Å². The van der Waals surface area contributed by atoms with Crippen molar-refractivity contribution in [1.82, 2.24) is 15.2 Å². The zero-order valence-electron chi connectivity index (χ0n) is 9.20. The Morgan fingerprint density at radius 1 is 1.60 bits per heavy atom. The molecular weight excluding hydrogens is 212 g/mol. The smallest absolute Gasteiger partial charge is 0.270 e. The number of anilines is 1. The first-order valence-electron chi connectivity index (χ1n) is 4.69. The summed E-state index contributed by atoms with van der Waals surface area (Å²) >= 11 is 1.42. The molecule has 2 N–H and O–H groups in total. The van der Waals surface area contributed by atoms with Gasteiger partial charge in [-0.3, -0.25) is 4.79 Å². The van der Waals surface area contributed by atoms with Crippen LogP contribution in [0.5, 0.6) is 0 Å². The second-order valence-corrected chi connectivity index (χ2v) is 4.21. The van der Waals surface area contributed by atoms with Crippen molar-refractivity contribution in [2.75, 3.05) is 39.5 Å². The zero-order chi connectivity index (χ0) is 11.3. The van der Waals surface area contributed by atoms with Crippen molar-refractivity contribution in [3.05, 3.63) is 11.1 Å². The van der Waals surface area contributed by atoms with Crippen LogP contribution in [0.15, 0.2) is 5.38 Å². The van der Waals surface area contributed by atoms with Gasteiger partial charge in [0.15, 0.2) is 5.13 Å². The molecule has 1 heterocycles. The van der Waals surface area contributed by atoms with Crippen molar-refractivity contribution in [2.45, 2.75) is 0 Å². The lowest BCUT2D eigenvalue weighted by atomic mass is 10.4. The molecular formula is C9H16N4OS. The largest absolute Gasteiger partial charge is 0.365 e. The van der Waals surface area contributed by atoms with E-state index in [-0.39, 0.29) is 5.91 Å². The predicted octanol–water partition coefficient (Wildman–Crippen LogP) is 0.476. The fourth-order valence-electron chi connectivity index (χ4n) is 0.976. The minimum atomic E-state index is -0.116. The molecule has 15 heavy (non-hydrogen) atoms. The maximum absolute atomic E-state index is 11.5. The second kappa shape index (κ2) is 5.67. The van der Waals surface area contributed by atoms with Crippen molar-refractivity contribution in [1.29, 1.82) is 0 Å². The summed E-state index contributed by atoms with van der Waals surface area (Å²) in [6.07, 6.45) is 0. The first kappa shape index (κ1) is 11.9. The van der Waals surface area contributed by atoms with Crippen LogP contribution in [0.25, 0.3) is 0 Å². The van der Waals surface area contributed by atoms with Crippen LogP contribution in [0.4, 0.5) is 5.13 Å². The molecule has 0 saturated carbocycles. The quantitative estimate of drug-likeness (QED) is 0.769. The van der Waals surface area contributed by atoms with E-state index >= 15 is 0 Å². The van der Waals surface area contributed by atoms with E-state index in [0.717, 1.165) is 11.7 Å². The number of carbonyl (C=O) groups excluding carboxylic acids is 1. The summed E-state index contributed by atoms with van der Waals surface area (Å²) in [5, 5.41) is 8.20. The molecule has 1 rings (SSSR count). The van der Waals surface area contributed by atoms with Gasteiger partial charge in [0.2, 0.25) is 0 Å². The van der Waals surface area contributed by atoms with Gasteiger partial charge in [0.1, 0.15) is 5.69 Å². The number of hydrogen-bond acceptors (Lipinski definition) is 5. The highest BCUT2D eigenvalue weighted by Crippen LogP contribution is 2.13. The van der Waals surface area contributed by atoms with Gasteiger partial charge in [-0.15, -0.1) is 11.3 Å². The minimum Gasteiger partial charge on any atom is -0.365 e. The first-order valence-corrected chi connectivity index (χ1v) is 5.57. The molecule has 0 saturated heterocycles. The third-order valence-corrected chi connectivity index (χ3v) is 2.66. The molecule has 1 aromatic rings. The van der Waals surface area contributed by atoms with Gasteiger partial charge >= 0.3 is 0 Å². The number of nitrogens with one attached hydrogen (secondary N) is 2. The molecule has 0 aliphatic heterocycles. The Bertz CT molecular complexity index is 324. The van der Waals surface area contributed by atoms with Crippen LogP contribution < -0.4 is 10.6 Å². The Balaban J connectivity index is 2.40. The molecule has 0 aromatic carbocycles. The topological polar surface area (TPSA) is 57.3 Å². The van der Waals surface area contributed by atoms with Crippen LogP contribution in [-0.4, -0.2) is 50.0 Å². The predicted molar refractivity (Wildman–Crippen MR) is 62.5 cm³/mol. The second-order valence-electron chi connectivity index (χ2n) is 3.35. The third-order valence-electron chi connectivity index (χ3n) is 1.80. The molecule has 0 atom stereocenters. The fraction of sp³-hybridized carbons (Fsp3) is 0.556. The highest BCUT2D eigenvalue weighted by Gasteiger charge is 2.09. The minimum absolute atomic E-state index is 0.116. The molecule has 1 aromatic heterocycles. The summed E-state index contributed by atoms with van der Waals surface area (Å²) in [6, 6.07) is 0. The maximum Gasteiger partial charge on any atom is 0.270 e. The summed E-state index contributed by atoms with van der Waals surface area (Å²) in [5.41, 5.74) is 0.475. The molecule has 6 heteroatoms. The normalized spacial score (nSPS) is 10.4. The zero-order valence-corrected chi connectivity index (χ0v) is 10.0. The fourth-order valence-corrected chi connectivity index (χ4v) is 1.63. The molecule has 0 fully saturated rings. The Kier molecular flexibility index (Phi) is 4.51. The van der Waals surface area contributed by atoms with Crippen molar-refractivity contribution < 1.29 is 4.79 Å². The number of thiazole rings is 1. The summed E-state index contributed by atoms with van der Waals surface area (Å²) in [6.45, 7) is 1.47. The molecule has 0 aliphatic carbocycles. The Hall–Kier alpha value is -1.14. The van der Waals surface area contributed by atoms with Gasteiger partial charge in [0.25, 0.3) is 5.91 Å². The van der Waals surface area contributed by atoms with Crippen molar-refractivity contribution in [2.24, 2.45) is 0 Å². The Morgan fingerprint density at radius 3 is 2.87 bits per heavy atom. The van der Waals surface area contributed by atoms with Crippen molar-refractivity contribution in [3.8, 4) is 0 Å². The lowest BCUT2D eigenvalue weighted by molar-refractivity contribution is 0.0947. The van der Waals surface area contributed by atoms with Gasteiger partial charge in [-0.25, -0.2) is 4.98 Å².